The van der Waals surface area contributed by atoms with Crippen LogP contribution in [0, 0.1) is 33.3 Å². The third kappa shape index (κ3) is 9.81. The van der Waals surface area contributed by atoms with Gasteiger partial charge in [-0.2, -0.15) is 0 Å². The molecule has 0 aliphatic carbocycles. The van der Waals surface area contributed by atoms with Crippen LogP contribution in [0.5, 0.6) is 0 Å². The molecular weight excluding hydrogens is 499 g/mol. The molecule has 2 atom stereocenters. The van der Waals surface area contributed by atoms with Crippen molar-refractivity contribution in [2.45, 2.75) is 19.0 Å². The van der Waals surface area contributed by atoms with Gasteiger partial charge < -0.3 is 0 Å². The molecule has 2 heterocycles. The van der Waals surface area contributed by atoms with Crippen LogP contribution in [0.25, 0.3) is 5.31 Å². The molecule has 2 aliphatic rings. The molecule has 1 aromatic carbocycles. The van der Waals surface area contributed by atoms with Crippen LogP contribution in [0.1, 0.15) is 18.9 Å². The van der Waals surface area contributed by atoms with Crippen LogP contribution < -0.4 is 0 Å². The molecule has 24 heavy (non-hydrogen) atoms. The molecule has 0 aromatic heterocycles. The van der Waals surface area contributed by atoms with Crippen LogP contribution >= 0.6 is 7.92 Å². The van der Waals surface area contributed by atoms with Crippen molar-refractivity contribution in [1.29, 1.82) is 0 Å². The van der Waals surface area contributed by atoms with E-state index in [-0.39, 0.29) is 21.1 Å². The molecule has 0 radical (unpaired) electrons. The van der Waals surface area contributed by atoms with Crippen molar-refractivity contribution in [1.82, 2.24) is 0 Å². The van der Waals surface area contributed by atoms with E-state index in [0.717, 1.165) is 5.66 Å². The monoisotopic (exact) mass is 512 g/mol. The largest absolute Gasteiger partial charge is 0 e. The molecule has 5 nitrogen and oxygen atoms in total. The summed E-state index contributed by atoms with van der Waals surface area (Å²) in [5, 5.41) is 1.72. The quantitative estimate of drug-likeness (QED) is 0.313. The number of allylic oxidation sites excluding steroid dienone is 1. The van der Waals surface area contributed by atoms with E-state index in [9.17, 15) is 0 Å². The number of hydrogen-bond donors (Lipinski definition) is 0. The number of fused-ring (bicyclic) bond motifs is 1. The second-order valence-electron chi connectivity index (χ2n) is 4.01. The van der Waals surface area contributed by atoms with Gasteiger partial charge in [0.1, 0.15) is 0 Å². The molecule has 2 unspecified atom stereocenters. The van der Waals surface area contributed by atoms with E-state index in [1.807, 2.05) is 0 Å². The molecule has 3 rings (SSSR count). The van der Waals surface area contributed by atoms with Crippen LogP contribution in [-0.4, -0.2) is 11.8 Å². The molecule has 122 valence electrons. The van der Waals surface area contributed by atoms with Gasteiger partial charge in [0.15, 0.2) is 0 Å². The molecular formula is C17H13O5PW. The topological polar surface area (TPSA) is 99.5 Å². The Morgan fingerprint density at radius 1 is 0.833 bits per heavy atom. The minimum absolute atomic E-state index is 0. The van der Waals surface area contributed by atoms with Crippen LogP contribution in [0.3, 0.4) is 0 Å². The van der Waals surface area contributed by atoms with Crippen LogP contribution in [-0.2, 0) is 44.3 Å². The Balaban J connectivity index is -0.000000159. The Morgan fingerprint density at radius 3 is 1.58 bits per heavy atom. The molecule has 1 aromatic rings. The van der Waals surface area contributed by atoms with E-state index < -0.39 is 0 Å². The third-order valence-corrected chi connectivity index (χ3v) is 5.82. The summed E-state index contributed by atoms with van der Waals surface area (Å²) >= 11 is 0. The maximum atomic E-state index is 7.50. The fourth-order valence-electron chi connectivity index (χ4n) is 2.33. The van der Waals surface area contributed by atoms with Crippen molar-refractivity contribution < 1.29 is 44.3 Å². The van der Waals surface area contributed by atoms with Gasteiger partial charge >= 0.3 is 56.5 Å². The Morgan fingerprint density at radius 2 is 1.25 bits per heavy atom. The zero-order chi connectivity index (χ0) is 18.8. The van der Waals surface area contributed by atoms with Crippen molar-refractivity contribution in [2.24, 2.45) is 0 Å². The van der Waals surface area contributed by atoms with E-state index in [4.69, 9.17) is 23.3 Å². The van der Waals surface area contributed by atoms with Crippen LogP contribution in [0.15, 0.2) is 35.9 Å². The van der Waals surface area contributed by atoms with E-state index in [1.165, 1.54) is 18.1 Å². The van der Waals surface area contributed by atoms with Gasteiger partial charge in [0.05, 0.1) is 0 Å². The van der Waals surface area contributed by atoms with E-state index in [2.05, 4.69) is 70.5 Å². The maximum Gasteiger partial charge on any atom is 0 e. The number of benzene rings is 1. The summed E-state index contributed by atoms with van der Waals surface area (Å²) in [7, 11) is 0.302. The fourth-order valence-corrected chi connectivity index (χ4v) is 5.17. The minimum Gasteiger partial charge on any atom is 0 e. The van der Waals surface area contributed by atoms with E-state index in [0.29, 0.717) is 7.92 Å². The molecule has 2 aliphatic heterocycles. The zero-order valence-electron chi connectivity index (χ0n) is 12.8. The first-order valence-electron chi connectivity index (χ1n) is 5.90. The standard InChI is InChI=1S/C12H13P.5CO.W/c1-9-7-11-8-13(11)12(9)10-5-3-2-4-6-10;5*1-2;/h2-6,11H,7-8H2,1H3;;;;;;. The predicted octanol–water partition coefficient (Wildman–Crippen LogP) is 3.50. The van der Waals surface area contributed by atoms with Gasteiger partial charge in [-0.1, -0.05) is 43.8 Å². The Hall–Kier alpha value is -1.22. The van der Waals surface area contributed by atoms with Gasteiger partial charge in [-0.15, -0.1) is 0 Å². The summed E-state index contributed by atoms with van der Waals surface area (Å²) in [6.45, 7) is 24.8. The first-order valence-corrected chi connectivity index (χ1v) is 7.50. The maximum absolute atomic E-state index is 7.50. The van der Waals surface area contributed by atoms with Gasteiger partial charge in [0, 0.05) is 21.1 Å². The Labute approximate surface area is 157 Å². The average Bonchev–Trinajstić information content (AvgIpc) is 3.35. The molecule has 0 amide bonds. The van der Waals surface area contributed by atoms with E-state index in [1.54, 1.807) is 10.9 Å². The fraction of sp³-hybridized carbons (Fsp3) is 0.235. The van der Waals surface area contributed by atoms with Crippen molar-refractivity contribution in [3.63, 3.8) is 0 Å². The van der Waals surface area contributed by atoms with Crippen LogP contribution in [0.4, 0.5) is 0 Å². The summed E-state index contributed by atoms with van der Waals surface area (Å²) in [5.41, 5.74) is 4.23. The molecule has 7 heteroatoms. The van der Waals surface area contributed by atoms with E-state index >= 15 is 0 Å². The zero-order valence-corrected chi connectivity index (χ0v) is 16.6. The van der Waals surface area contributed by atoms with Crippen molar-refractivity contribution >= 4 is 13.2 Å². The van der Waals surface area contributed by atoms with Gasteiger partial charge in [-0.05, 0) is 36.0 Å². The van der Waals surface area contributed by atoms with Gasteiger partial charge in [0.25, 0.3) is 0 Å². The summed E-state index contributed by atoms with van der Waals surface area (Å²) in [6, 6.07) is 10.9. The van der Waals surface area contributed by atoms with Crippen molar-refractivity contribution in [3.8, 4) is 0 Å². The first-order chi connectivity index (χ1) is 11.4. The number of hydrogen-bond acceptors (Lipinski definition) is 0. The predicted molar refractivity (Wildman–Crippen MR) is 78.9 cm³/mol. The minimum atomic E-state index is 0. The second-order valence-corrected chi connectivity index (χ2v) is 6.49. The molecule has 0 saturated carbocycles. The molecule has 1 fully saturated rings. The van der Waals surface area contributed by atoms with Crippen molar-refractivity contribution in [2.75, 3.05) is 6.16 Å². The molecule has 0 N–H and O–H groups in total. The summed E-state index contributed by atoms with van der Waals surface area (Å²) in [4.78, 5) is 0. The smallest absolute Gasteiger partial charge is 0 e. The molecule has 1 saturated heterocycles. The SMILES string of the molecule is CC1=C(c2ccccc2)P2CC2C1.[C-]#[O+].[C-]#[O+].[C-]#[O+].[C-]#[O+].[C-]#[O+].[W]. The van der Waals surface area contributed by atoms with Crippen molar-refractivity contribution in [3.05, 3.63) is 74.7 Å². The Bertz CT molecular complexity index is 537. The summed E-state index contributed by atoms with van der Waals surface area (Å²) < 4.78 is 37.5. The summed E-state index contributed by atoms with van der Waals surface area (Å²) in [5.74, 6) is 0. The average molecular weight is 512 g/mol. The van der Waals surface area contributed by atoms with Gasteiger partial charge in [-0.25, -0.2) is 0 Å². The Kier molecular flexibility index (Phi) is 27.8. The normalized spacial score (nSPS) is 17.0. The number of rotatable bonds is 1. The third-order valence-electron chi connectivity index (χ3n) is 3.00. The molecule has 0 spiro atoms. The molecule has 0 bridgehead atoms. The second kappa shape index (κ2) is 21.8. The van der Waals surface area contributed by atoms with Gasteiger partial charge in [0.2, 0.25) is 0 Å². The first kappa shape index (κ1) is 30.6. The summed E-state index contributed by atoms with van der Waals surface area (Å²) in [6.07, 6.45) is 2.90. The van der Waals surface area contributed by atoms with Gasteiger partial charge in [-0.3, -0.25) is 0 Å². The van der Waals surface area contributed by atoms with Crippen LogP contribution in [0.2, 0.25) is 0 Å².